The van der Waals surface area contributed by atoms with Gasteiger partial charge in [-0.05, 0) is 37.1 Å². The van der Waals surface area contributed by atoms with Crippen LogP contribution in [0.2, 0.25) is 0 Å². The fourth-order valence-corrected chi connectivity index (χ4v) is 3.77. The van der Waals surface area contributed by atoms with Crippen molar-refractivity contribution in [2.45, 2.75) is 51.1 Å². The van der Waals surface area contributed by atoms with Crippen LogP contribution >= 0.6 is 0 Å². The number of hydrogen-bond acceptors (Lipinski definition) is 5. The molecule has 132 valence electrons. The topological polar surface area (TPSA) is 67.6 Å². The van der Waals surface area contributed by atoms with Crippen molar-refractivity contribution in [3.63, 3.8) is 0 Å². The van der Waals surface area contributed by atoms with Crippen molar-refractivity contribution in [2.24, 2.45) is 0 Å². The quantitative estimate of drug-likeness (QED) is 0.901. The summed E-state index contributed by atoms with van der Waals surface area (Å²) in [6, 6.07) is 8.12. The number of nitrogens with zero attached hydrogens (tertiary/aromatic N) is 2. The Morgan fingerprint density at radius 1 is 1.40 bits per heavy atom. The van der Waals surface area contributed by atoms with Crippen LogP contribution in [0.1, 0.15) is 29.9 Å². The number of furan rings is 1. The van der Waals surface area contributed by atoms with E-state index in [4.69, 9.17) is 9.15 Å². The van der Waals surface area contributed by atoms with Crippen LogP contribution in [-0.2, 0) is 22.6 Å². The van der Waals surface area contributed by atoms with Crippen molar-refractivity contribution in [3.8, 4) is 0 Å². The molecule has 0 aromatic carbocycles. The van der Waals surface area contributed by atoms with Gasteiger partial charge >= 0.3 is 0 Å². The van der Waals surface area contributed by atoms with Crippen LogP contribution in [0.3, 0.4) is 0 Å². The average Bonchev–Trinajstić information content (AvgIpc) is 3.31. The number of ether oxygens (including phenoxy) is 1. The van der Waals surface area contributed by atoms with E-state index in [1.54, 1.807) is 12.4 Å². The lowest BCUT2D eigenvalue weighted by molar-refractivity contribution is -0.132. The van der Waals surface area contributed by atoms with Crippen LogP contribution in [0.25, 0.3) is 0 Å². The Labute approximate surface area is 147 Å². The molecule has 2 saturated heterocycles. The number of carbonyl (C=O) groups is 1. The van der Waals surface area contributed by atoms with Crippen molar-refractivity contribution in [3.05, 3.63) is 53.7 Å². The summed E-state index contributed by atoms with van der Waals surface area (Å²) in [6.45, 7) is 4.20. The molecule has 2 aromatic heterocycles. The Morgan fingerprint density at radius 3 is 3.08 bits per heavy atom. The molecule has 25 heavy (non-hydrogen) atoms. The molecule has 2 aliphatic rings. The number of likely N-dealkylation sites (tertiary alicyclic amines) is 1. The number of pyridine rings is 1. The summed E-state index contributed by atoms with van der Waals surface area (Å²) in [7, 11) is 0. The number of amides is 1. The normalized spacial score (nSPS) is 25.9. The first kappa shape index (κ1) is 16.3. The second-order valence-electron chi connectivity index (χ2n) is 6.82. The first-order valence-electron chi connectivity index (χ1n) is 8.80. The molecular formula is C19H23N3O3. The van der Waals surface area contributed by atoms with Gasteiger partial charge in [-0.3, -0.25) is 14.7 Å². The second kappa shape index (κ2) is 6.98. The minimum Gasteiger partial charge on any atom is -0.465 e. The average molecular weight is 341 g/mol. The zero-order chi connectivity index (χ0) is 17.2. The molecular weight excluding hydrogens is 318 g/mol. The Kier molecular flexibility index (Phi) is 4.55. The molecule has 2 aromatic rings. The molecule has 0 radical (unpaired) electrons. The lowest BCUT2D eigenvalue weighted by Gasteiger charge is -2.21. The van der Waals surface area contributed by atoms with E-state index >= 15 is 0 Å². The van der Waals surface area contributed by atoms with Crippen LogP contribution in [0.4, 0.5) is 0 Å². The third kappa shape index (κ3) is 3.60. The van der Waals surface area contributed by atoms with Gasteiger partial charge < -0.3 is 14.5 Å². The molecule has 2 aliphatic heterocycles. The van der Waals surface area contributed by atoms with Gasteiger partial charge in [0.05, 0.1) is 12.6 Å². The first-order chi connectivity index (χ1) is 12.2. The highest BCUT2D eigenvalue weighted by Crippen LogP contribution is 2.34. The van der Waals surface area contributed by atoms with Gasteiger partial charge in [-0.25, -0.2) is 0 Å². The number of aromatic nitrogens is 1. The number of aryl methyl sites for hydroxylation is 1. The van der Waals surface area contributed by atoms with Gasteiger partial charge in [-0.15, -0.1) is 0 Å². The fraction of sp³-hybridized carbons (Fsp3) is 0.474. The molecule has 0 unspecified atom stereocenters. The van der Waals surface area contributed by atoms with Gasteiger partial charge in [0.1, 0.15) is 17.6 Å². The maximum Gasteiger partial charge on any atom is 0.249 e. The van der Waals surface area contributed by atoms with E-state index in [1.807, 2.05) is 31.2 Å². The zero-order valence-electron chi connectivity index (χ0n) is 14.4. The van der Waals surface area contributed by atoms with Crippen molar-refractivity contribution < 1.29 is 13.9 Å². The van der Waals surface area contributed by atoms with E-state index in [0.29, 0.717) is 12.6 Å². The van der Waals surface area contributed by atoms with E-state index in [2.05, 4.69) is 15.2 Å². The summed E-state index contributed by atoms with van der Waals surface area (Å²) in [4.78, 5) is 18.9. The molecule has 1 N–H and O–H groups in total. The summed E-state index contributed by atoms with van der Waals surface area (Å²) < 4.78 is 11.7. The number of hydrogen-bond donors (Lipinski definition) is 1. The maximum atomic E-state index is 12.4. The highest BCUT2D eigenvalue weighted by Gasteiger charge is 2.45. The molecule has 0 spiro atoms. The van der Waals surface area contributed by atoms with Crippen LogP contribution in [0.15, 0.2) is 41.1 Å². The lowest BCUT2D eigenvalue weighted by atomic mass is 10.1. The molecule has 3 atom stereocenters. The number of carbonyl (C=O) groups excluding carboxylic acids is 1. The molecule has 6 nitrogen and oxygen atoms in total. The number of fused-ring (bicyclic) bond motifs is 1. The van der Waals surface area contributed by atoms with Crippen LogP contribution < -0.4 is 5.32 Å². The third-order valence-corrected chi connectivity index (χ3v) is 5.03. The van der Waals surface area contributed by atoms with E-state index in [9.17, 15) is 4.79 Å². The molecule has 0 bridgehead atoms. The van der Waals surface area contributed by atoms with Gasteiger partial charge in [0, 0.05) is 37.9 Å². The van der Waals surface area contributed by atoms with E-state index in [1.165, 1.54) is 0 Å². The number of nitrogens with one attached hydrogen (secondary N) is 1. The number of rotatable bonds is 5. The van der Waals surface area contributed by atoms with Gasteiger partial charge in [-0.1, -0.05) is 6.07 Å². The first-order valence-corrected chi connectivity index (χ1v) is 8.80. The second-order valence-corrected chi connectivity index (χ2v) is 6.82. The molecule has 0 aliphatic carbocycles. The van der Waals surface area contributed by atoms with Crippen LogP contribution in [0, 0.1) is 6.92 Å². The molecule has 4 rings (SSSR count). The molecule has 4 heterocycles. The third-order valence-electron chi connectivity index (χ3n) is 5.03. The van der Waals surface area contributed by atoms with Gasteiger partial charge in [0.15, 0.2) is 0 Å². The van der Waals surface area contributed by atoms with Gasteiger partial charge in [0.2, 0.25) is 5.91 Å². The van der Waals surface area contributed by atoms with Crippen LogP contribution in [-0.4, -0.2) is 40.6 Å². The van der Waals surface area contributed by atoms with E-state index < -0.39 is 0 Å². The van der Waals surface area contributed by atoms with E-state index in [-0.39, 0.29) is 18.1 Å². The maximum absolute atomic E-state index is 12.4. The van der Waals surface area contributed by atoms with Crippen molar-refractivity contribution in [2.75, 3.05) is 6.54 Å². The minimum atomic E-state index is -0.368. The molecule has 6 heteroatoms. The zero-order valence-corrected chi connectivity index (χ0v) is 14.4. The lowest BCUT2D eigenvalue weighted by Crippen LogP contribution is -2.36. The summed E-state index contributed by atoms with van der Waals surface area (Å²) in [5.74, 6) is 1.87. The predicted octanol–water partition coefficient (Wildman–Crippen LogP) is 2.03. The summed E-state index contributed by atoms with van der Waals surface area (Å²) in [5, 5.41) is 2.96. The highest BCUT2D eigenvalue weighted by molar-refractivity contribution is 5.81. The Hall–Kier alpha value is -2.18. The Morgan fingerprint density at radius 2 is 2.32 bits per heavy atom. The Bertz CT molecular complexity index is 731. The molecule has 1 amide bonds. The monoisotopic (exact) mass is 341 g/mol. The van der Waals surface area contributed by atoms with Gasteiger partial charge in [0.25, 0.3) is 0 Å². The smallest absolute Gasteiger partial charge is 0.249 e. The van der Waals surface area contributed by atoms with Gasteiger partial charge in [-0.2, -0.15) is 0 Å². The van der Waals surface area contributed by atoms with Crippen molar-refractivity contribution >= 4 is 5.91 Å². The highest BCUT2D eigenvalue weighted by atomic mass is 16.5. The standard InChI is InChI=1S/C19H23N3O3/c1-13-4-5-15(24-13)12-22-8-6-17-16(22)9-18(25-17)19(23)21-11-14-3-2-7-20-10-14/h2-5,7,10,16-18H,6,8-9,11-12H2,1H3,(H,21,23)/t16-,17-,18+/m1/s1. The summed E-state index contributed by atoms with van der Waals surface area (Å²) in [5.41, 5.74) is 0.990. The fourth-order valence-electron chi connectivity index (χ4n) is 3.77. The Balaban J connectivity index is 1.32. The SMILES string of the molecule is Cc1ccc(CN2CC[C@H]3O[C@H](C(=O)NCc4cccnc4)C[C@H]32)o1. The van der Waals surface area contributed by atoms with Crippen LogP contribution in [0.5, 0.6) is 0 Å². The molecule has 0 saturated carbocycles. The minimum absolute atomic E-state index is 0.0351. The largest absolute Gasteiger partial charge is 0.465 e. The summed E-state index contributed by atoms with van der Waals surface area (Å²) in [6.07, 6.45) is 4.97. The van der Waals surface area contributed by atoms with E-state index in [0.717, 1.165) is 43.0 Å². The molecule has 2 fully saturated rings. The predicted molar refractivity (Wildman–Crippen MR) is 91.6 cm³/mol. The summed E-state index contributed by atoms with van der Waals surface area (Å²) >= 11 is 0. The van der Waals surface area contributed by atoms with Crippen molar-refractivity contribution in [1.29, 1.82) is 0 Å². The van der Waals surface area contributed by atoms with Crippen molar-refractivity contribution in [1.82, 2.24) is 15.2 Å².